The first-order valence-electron chi connectivity index (χ1n) is 11.1. The third-order valence-corrected chi connectivity index (χ3v) is 8.35. The van der Waals surface area contributed by atoms with Crippen LogP contribution in [0.4, 0.5) is 27.6 Å². The number of amides is 2. The molecule has 4 rings (SSSR count). The van der Waals surface area contributed by atoms with Gasteiger partial charge in [0.2, 0.25) is 17.4 Å². The number of hydrogen-bond acceptors (Lipinski definition) is 5. The van der Waals surface area contributed by atoms with Crippen LogP contribution in [0.1, 0.15) is 24.0 Å². The van der Waals surface area contributed by atoms with E-state index in [9.17, 15) is 45.1 Å². The maximum atomic E-state index is 13.6. The fourth-order valence-corrected chi connectivity index (χ4v) is 6.13. The van der Waals surface area contributed by atoms with Gasteiger partial charge >= 0.3 is 6.18 Å². The predicted molar refractivity (Wildman–Crippen MR) is 120 cm³/mol. The second-order valence-electron chi connectivity index (χ2n) is 8.84. The molecule has 2 aliphatic heterocycles. The molecule has 2 aromatic carbocycles. The Labute approximate surface area is 208 Å². The molecule has 0 aliphatic carbocycles. The van der Waals surface area contributed by atoms with Gasteiger partial charge in [-0.25, -0.2) is 17.2 Å². The van der Waals surface area contributed by atoms with Crippen LogP contribution in [0.25, 0.3) is 0 Å². The van der Waals surface area contributed by atoms with Gasteiger partial charge in [-0.15, -0.1) is 0 Å². The van der Waals surface area contributed by atoms with Crippen LogP contribution in [-0.2, 0) is 31.6 Å². The number of fused-ring (bicyclic) bond motifs is 1. The fraction of sp³-hybridized carbons (Fsp3) is 0.391. The summed E-state index contributed by atoms with van der Waals surface area (Å²) in [6.07, 6.45) is -5.65. The topological polar surface area (TPSA) is 107 Å². The van der Waals surface area contributed by atoms with Crippen LogP contribution in [0.5, 0.6) is 0 Å². The summed E-state index contributed by atoms with van der Waals surface area (Å²) < 4.78 is 95.3. The molecule has 2 aromatic rings. The monoisotopic (exact) mass is 547 g/mol. The molecule has 8 nitrogen and oxygen atoms in total. The molecule has 2 N–H and O–H groups in total. The summed E-state index contributed by atoms with van der Waals surface area (Å²) in [6, 6.07) is 5.60. The molecular formula is C23H22F5N3O5S. The van der Waals surface area contributed by atoms with Gasteiger partial charge in [-0.3, -0.25) is 13.9 Å². The summed E-state index contributed by atoms with van der Waals surface area (Å²) in [5, 5.41) is 12.5. The summed E-state index contributed by atoms with van der Waals surface area (Å²) in [6.45, 7) is -2.39. The van der Waals surface area contributed by atoms with E-state index in [0.717, 1.165) is 46.8 Å². The minimum Gasteiger partial charge on any atom is -0.374 e. The van der Waals surface area contributed by atoms with Crippen molar-refractivity contribution in [1.29, 1.82) is 0 Å². The van der Waals surface area contributed by atoms with E-state index in [1.54, 1.807) is 0 Å². The maximum Gasteiger partial charge on any atom is 0.424 e. The van der Waals surface area contributed by atoms with Crippen molar-refractivity contribution in [2.45, 2.75) is 42.0 Å². The Balaban J connectivity index is 1.77. The van der Waals surface area contributed by atoms with Gasteiger partial charge in [0.05, 0.1) is 23.3 Å². The fourth-order valence-electron chi connectivity index (χ4n) is 4.42. The second-order valence-corrected chi connectivity index (χ2v) is 10.7. The summed E-state index contributed by atoms with van der Waals surface area (Å²) in [5.41, 5.74) is -4.56. The average molecular weight is 548 g/mol. The molecule has 0 saturated carbocycles. The highest BCUT2D eigenvalue weighted by molar-refractivity contribution is 7.92. The average Bonchev–Trinajstić information content (AvgIpc) is 3.28. The van der Waals surface area contributed by atoms with Gasteiger partial charge in [0.25, 0.3) is 10.0 Å². The third-order valence-electron chi connectivity index (χ3n) is 6.47. The van der Waals surface area contributed by atoms with Crippen LogP contribution < -0.4 is 9.62 Å². The molecule has 0 bridgehead atoms. The Morgan fingerprint density at radius 2 is 1.81 bits per heavy atom. The van der Waals surface area contributed by atoms with E-state index in [4.69, 9.17) is 0 Å². The highest BCUT2D eigenvalue weighted by Crippen LogP contribution is 2.43. The van der Waals surface area contributed by atoms with E-state index in [-0.39, 0.29) is 54.5 Å². The molecule has 1 fully saturated rings. The Morgan fingerprint density at radius 1 is 1.14 bits per heavy atom. The van der Waals surface area contributed by atoms with Gasteiger partial charge < -0.3 is 15.3 Å². The quantitative estimate of drug-likeness (QED) is 0.541. The molecular weight excluding hydrogens is 525 g/mol. The maximum absolute atomic E-state index is 13.6. The lowest BCUT2D eigenvalue weighted by molar-refractivity contribution is -0.271. The standard InChI is InChI=1S/C23H22F5N3O5S/c24-12-22(34,23(26,27)28)15-2-8-19-14(9-15)1-5-17(10-21(33)30-11-20(32)29-13-30)31(19)37(35,36)18-6-3-16(25)4-7-18/h2-4,6-9,17,34H,1,5,10-13H2,(H,29,32)/t17-,22?/m0/s1. The molecule has 2 heterocycles. The van der Waals surface area contributed by atoms with Crippen molar-refractivity contribution < 1.29 is 45.1 Å². The van der Waals surface area contributed by atoms with Crippen molar-refractivity contribution in [3.63, 3.8) is 0 Å². The zero-order valence-corrected chi connectivity index (χ0v) is 20.0. The highest BCUT2D eigenvalue weighted by Gasteiger charge is 2.55. The summed E-state index contributed by atoms with van der Waals surface area (Å²) in [5.74, 6) is -1.60. The Bertz CT molecular complexity index is 1320. The van der Waals surface area contributed by atoms with Crippen LogP contribution in [0, 0.1) is 5.82 Å². The number of aliphatic hydroxyl groups is 1. The Hall–Kier alpha value is -3.26. The number of halogens is 5. The lowest BCUT2D eigenvalue weighted by Gasteiger charge is -2.39. The number of aryl methyl sites for hydroxylation is 1. The summed E-state index contributed by atoms with van der Waals surface area (Å²) in [4.78, 5) is 25.2. The third kappa shape index (κ3) is 4.87. The van der Waals surface area contributed by atoms with Crippen LogP contribution >= 0.6 is 0 Å². The van der Waals surface area contributed by atoms with Gasteiger partial charge in [0.15, 0.2) is 0 Å². The van der Waals surface area contributed by atoms with Gasteiger partial charge in [-0.1, -0.05) is 12.1 Å². The van der Waals surface area contributed by atoms with Crippen molar-refractivity contribution >= 4 is 27.5 Å². The lowest BCUT2D eigenvalue weighted by atomic mass is 9.88. The van der Waals surface area contributed by atoms with Crippen LogP contribution in [0.15, 0.2) is 47.4 Å². The largest absolute Gasteiger partial charge is 0.424 e. The van der Waals surface area contributed by atoms with Crippen molar-refractivity contribution in [3.05, 3.63) is 59.4 Å². The number of benzene rings is 2. The molecule has 2 aliphatic rings. The van der Waals surface area contributed by atoms with Crippen LogP contribution in [-0.4, -0.2) is 62.3 Å². The number of alkyl halides is 4. The van der Waals surface area contributed by atoms with Crippen LogP contribution in [0.2, 0.25) is 0 Å². The molecule has 14 heteroatoms. The molecule has 1 unspecified atom stereocenters. The molecule has 2 atom stereocenters. The van der Waals surface area contributed by atoms with E-state index in [1.807, 2.05) is 0 Å². The zero-order valence-electron chi connectivity index (χ0n) is 19.1. The molecule has 0 aromatic heterocycles. The number of carbonyl (C=O) groups is 2. The Morgan fingerprint density at radius 3 is 2.38 bits per heavy atom. The van der Waals surface area contributed by atoms with E-state index >= 15 is 0 Å². The first kappa shape index (κ1) is 26.8. The van der Waals surface area contributed by atoms with Gasteiger partial charge in [-0.05, 0) is 54.3 Å². The van der Waals surface area contributed by atoms with Crippen molar-refractivity contribution in [3.8, 4) is 0 Å². The van der Waals surface area contributed by atoms with E-state index in [0.29, 0.717) is 0 Å². The molecule has 2 amide bonds. The number of nitrogens with one attached hydrogen (secondary N) is 1. The molecule has 0 radical (unpaired) electrons. The van der Waals surface area contributed by atoms with E-state index in [1.165, 1.54) is 4.90 Å². The molecule has 37 heavy (non-hydrogen) atoms. The lowest BCUT2D eigenvalue weighted by Crippen LogP contribution is -2.47. The van der Waals surface area contributed by atoms with Crippen molar-refractivity contribution in [2.24, 2.45) is 0 Å². The predicted octanol–water partition coefficient (Wildman–Crippen LogP) is 2.36. The smallest absolute Gasteiger partial charge is 0.374 e. The number of nitrogens with zero attached hydrogens (tertiary/aromatic N) is 2. The van der Waals surface area contributed by atoms with Gasteiger partial charge in [-0.2, -0.15) is 13.2 Å². The number of anilines is 1. The number of rotatable bonds is 6. The molecule has 1 saturated heterocycles. The molecule has 200 valence electrons. The number of sulfonamides is 1. The highest BCUT2D eigenvalue weighted by atomic mass is 32.2. The van der Waals surface area contributed by atoms with Gasteiger partial charge in [0.1, 0.15) is 19.0 Å². The minimum atomic E-state index is -5.33. The number of carbonyl (C=O) groups excluding carboxylic acids is 2. The summed E-state index contributed by atoms with van der Waals surface area (Å²) in [7, 11) is -4.45. The normalized spacial score (nSPS) is 19.8. The molecule has 0 spiro atoms. The second kappa shape index (κ2) is 9.56. The summed E-state index contributed by atoms with van der Waals surface area (Å²) >= 11 is 0. The van der Waals surface area contributed by atoms with Crippen molar-refractivity contribution in [2.75, 3.05) is 24.2 Å². The van der Waals surface area contributed by atoms with Crippen LogP contribution in [0.3, 0.4) is 0 Å². The first-order valence-corrected chi connectivity index (χ1v) is 12.5. The first-order chi connectivity index (χ1) is 17.3. The minimum absolute atomic E-state index is 0.00208. The Kier molecular flexibility index (Phi) is 6.92. The zero-order chi connectivity index (χ0) is 27.2. The van der Waals surface area contributed by atoms with Crippen molar-refractivity contribution in [1.82, 2.24) is 10.2 Å². The van der Waals surface area contributed by atoms with E-state index < -0.39 is 51.8 Å². The van der Waals surface area contributed by atoms with E-state index in [2.05, 4.69) is 5.32 Å². The van der Waals surface area contributed by atoms with Gasteiger partial charge in [0, 0.05) is 6.42 Å². The number of hydrogen-bond donors (Lipinski definition) is 2. The SMILES string of the molecule is O=C1CN(C(=O)C[C@@H]2CCc3cc(C(O)(CF)C(F)(F)F)ccc3N2S(=O)(=O)c2ccc(F)cc2)CN1.